The van der Waals surface area contributed by atoms with E-state index in [1.807, 2.05) is 29.2 Å². The van der Waals surface area contributed by atoms with Gasteiger partial charge in [-0.25, -0.2) is 14.8 Å². The van der Waals surface area contributed by atoms with Crippen LogP contribution < -0.4 is 5.32 Å². The van der Waals surface area contributed by atoms with Crippen molar-refractivity contribution in [2.45, 2.75) is 25.3 Å². The largest absolute Gasteiger partial charge is 0.445 e. The number of hydrogen-bond acceptors (Lipinski definition) is 5. The van der Waals surface area contributed by atoms with Gasteiger partial charge >= 0.3 is 6.03 Å². The van der Waals surface area contributed by atoms with E-state index in [1.165, 1.54) is 12.6 Å². The van der Waals surface area contributed by atoms with E-state index in [-0.39, 0.29) is 12.1 Å². The molecule has 1 aromatic carbocycles. The minimum Gasteiger partial charge on any atom is -0.445 e. The first kappa shape index (κ1) is 15.4. The number of urea groups is 1. The van der Waals surface area contributed by atoms with Gasteiger partial charge in [0.15, 0.2) is 0 Å². The lowest BCUT2D eigenvalue weighted by Gasteiger charge is -2.34. The molecule has 8 nitrogen and oxygen atoms in total. The molecule has 2 N–H and O–H groups in total. The topological polar surface area (TPSA) is 99.9 Å². The third-order valence-corrected chi connectivity index (χ3v) is 4.31. The lowest BCUT2D eigenvalue weighted by Crippen LogP contribution is -2.41. The summed E-state index contributed by atoms with van der Waals surface area (Å²) < 4.78 is 5.31. The van der Waals surface area contributed by atoms with Crippen LogP contribution in [0.1, 0.15) is 31.1 Å². The van der Waals surface area contributed by atoms with Crippen LogP contribution >= 0.6 is 0 Å². The molecule has 2 amide bonds. The summed E-state index contributed by atoms with van der Waals surface area (Å²) in [6.45, 7) is 0.691. The standard InChI is InChI=1S/C17H18N6O2/c24-17(23-8-2-1-6-14(23)15-19-11-20-22-15)21-13-5-3-4-12(10-13)16-18-7-9-25-16/h3-5,7,9-11,14H,1-2,6,8H2,(H,21,24)(H,19,20,22)/t14-/m1/s1. The van der Waals surface area contributed by atoms with Gasteiger partial charge < -0.3 is 14.6 Å². The van der Waals surface area contributed by atoms with Crippen molar-refractivity contribution in [3.05, 3.63) is 48.9 Å². The molecule has 0 spiro atoms. The molecule has 0 aliphatic carbocycles. The van der Waals surface area contributed by atoms with Gasteiger partial charge in [0.2, 0.25) is 5.89 Å². The monoisotopic (exact) mass is 338 g/mol. The summed E-state index contributed by atoms with van der Waals surface area (Å²) >= 11 is 0. The number of nitrogens with one attached hydrogen (secondary N) is 2. The summed E-state index contributed by atoms with van der Waals surface area (Å²) in [4.78, 5) is 22.9. The highest BCUT2D eigenvalue weighted by atomic mass is 16.3. The van der Waals surface area contributed by atoms with E-state index in [1.54, 1.807) is 6.20 Å². The first-order chi connectivity index (χ1) is 12.3. The second kappa shape index (κ2) is 6.76. The van der Waals surface area contributed by atoms with Crippen molar-refractivity contribution in [1.82, 2.24) is 25.1 Å². The Morgan fingerprint density at radius 1 is 1.32 bits per heavy atom. The number of rotatable bonds is 3. The number of anilines is 1. The number of aromatic amines is 1. The number of carbonyl (C=O) groups excluding carboxylic acids is 1. The van der Waals surface area contributed by atoms with Crippen LogP contribution in [0.5, 0.6) is 0 Å². The Labute approximate surface area is 144 Å². The average molecular weight is 338 g/mol. The van der Waals surface area contributed by atoms with Crippen molar-refractivity contribution in [1.29, 1.82) is 0 Å². The van der Waals surface area contributed by atoms with Crippen molar-refractivity contribution in [2.24, 2.45) is 0 Å². The highest BCUT2D eigenvalue weighted by Crippen LogP contribution is 2.29. The SMILES string of the molecule is O=C(Nc1cccc(-c2ncco2)c1)N1CCCC[C@@H]1c1ncn[nH]1. The van der Waals surface area contributed by atoms with Crippen LogP contribution in [0, 0.1) is 0 Å². The van der Waals surface area contributed by atoms with Crippen molar-refractivity contribution in [2.75, 3.05) is 11.9 Å². The number of benzene rings is 1. The van der Waals surface area contributed by atoms with Gasteiger partial charge in [-0.05, 0) is 37.5 Å². The van der Waals surface area contributed by atoms with Crippen LogP contribution in [0.25, 0.3) is 11.5 Å². The smallest absolute Gasteiger partial charge is 0.322 e. The fourth-order valence-electron chi connectivity index (χ4n) is 3.13. The number of amides is 2. The van der Waals surface area contributed by atoms with Gasteiger partial charge in [-0.1, -0.05) is 6.07 Å². The molecule has 128 valence electrons. The molecule has 8 heteroatoms. The van der Waals surface area contributed by atoms with E-state index >= 15 is 0 Å². The number of oxazole rings is 1. The molecule has 4 rings (SSSR count). The predicted molar refractivity (Wildman–Crippen MR) is 90.6 cm³/mol. The van der Waals surface area contributed by atoms with Crippen molar-refractivity contribution in [3.8, 4) is 11.5 Å². The summed E-state index contributed by atoms with van der Waals surface area (Å²) in [6.07, 6.45) is 7.51. The molecule has 1 aliphatic heterocycles. The molecule has 1 aliphatic rings. The van der Waals surface area contributed by atoms with Crippen LogP contribution in [-0.2, 0) is 0 Å². The minimum atomic E-state index is -0.148. The third kappa shape index (κ3) is 3.23. The first-order valence-corrected chi connectivity index (χ1v) is 8.24. The Morgan fingerprint density at radius 2 is 2.28 bits per heavy atom. The van der Waals surface area contributed by atoms with E-state index in [0.29, 0.717) is 18.1 Å². The summed E-state index contributed by atoms with van der Waals surface area (Å²) in [7, 11) is 0. The molecule has 1 fully saturated rings. The van der Waals surface area contributed by atoms with Crippen LogP contribution in [0.3, 0.4) is 0 Å². The number of piperidine rings is 1. The fourth-order valence-corrected chi connectivity index (χ4v) is 3.13. The molecule has 2 aromatic heterocycles. The summed E-state index contributed by atoms with van der Waals surface area (Å²) in [5, 5.41) is 9.74. The molecule has 0 radical (unpaired) electrons. The highest BCUT2D eigenvalue weighted by molar-refractivity contribution is 5.90. The predicted octanol–water partition coefficient (Wildman–Crippen LogP) is 3.22. The average Bonchev–Trinajstić information content (AvgIpc) is 3.36. The van der Waals surface area contributed by atoms with Gasteiger partial charge in [0.25, 0.3) is 0 Å². The quantitative estimate of drug-likeness (QED) is 0.764. The van der Waals surface area contributed by atoms with E-state index in [9.17, 15) is 4.79 Å². The van der Waals surface area contributed by atoms with Crippen LogP contribution in [0.15, 0.2) is 47.5 Å². The zero-order chi connectivity index (χ0) is 17.1. The van der Waals surface area contributed by atoms with Crippen molar-refractivity contribution < 1.29 is 9.21 Å². The number of nitrogens with zero attached hydrogens (tertiary/aromatic N) is 4. The Kier molecular flexibility index (Phi) is 4.16. The van der Waals surface area contributed by atoms with Gasteiger partial charge in [0, 0.05) is 17.8 Å². The van der Waals surface area contributed by atoms with Gasteiger partial charge in [-0.3, -0.25) is 5.10 Å². The third-order valence-electron chi connectivity index (χ3n) is 4.31. The van der Waals surface area contributed by atoms with E-state index in [2.05, 4.69) is 25.5 Å². The van der Waals surface area contributed by atoms with Gasteiger partial charge in [0.1, 0.15) is 18.4 Å². The highest BCUT2D eigenvalue weighted by Gasteiger charge is 2.30. The van der Waals surface area contributed by atoms with Gasteiger partial charge in [-0.15, -0.1) is 0 Å². The number of hydrogen-bond donors (Lipinski definition) is 2. The van der Waals surface area contributed by atoms with E-state index in [4.69, 9.17) is 4.42 Å². The molecule has 0 bridgehead atoms. The maximum atomic E-state index is 12.8. The van der Waals surface area contributed by atoms with Crippen molar-refractivity contribution >= 4 is 11.7 Å². The van der Waals surface area contributed by atoms with E-state index < -0.39 is 0 Å². The molecule has 1 saturated heterocycles. The fraction of sp³-hybridized carbons (Fsp3) is 0.294. The summed E-state index contributed by atoms with van der Waals surface area (Å²) in [6, 6.07) is 7.21. The van der Waals surface area contributed by atoms with Crippen LogP contribution in [0.4, 0.5) is 10.5 Å². The maximum Gasteiger partial charge on any atom is 0.322 e. The summed E-state index contributed by atoms with van der Waals surface area (Å²) in [5.74, 6) is 1.25. The molecule has 3 heterocycles. The van der Waals surface area contributed by atoms with Crippen LogP contribution in [0.2, 0.25) is 0 Å². The van der Waals surface area contributed by atoms with E-state index in [0.717, 1.165) is 30.7 Å². The molecule has 1 atom stereocenters. The molecule has 0 unspecified atom stereocenters. The second-order valence-electron chi connectivity index (χ2n) is 5.92. The number of carbonyl (C=O) groups is 1. The zero-order valence-corrected chi connectivity index (χ0v) is 13.6. The number of aromatic nitrogens is 4. The van der Waals surface area contributed by atoms with Gasteiger partial charge in [-0.2, -0.15) is 5.10 Å². The molecular weight excluding hydrogens is 320 g/mol. The minimum absolute atomic E-state index is 0.0776. The zero-order valence-electron chi connectivity index (χ0n) is 13.6. The normalized spacial score (nSPS) is 17.4. The summed E-state index contributed by atoms with van der Waals surface area (Å²) in [5.41, 5.74) is 1.51. The Morgan fingerprint density at radius 3 is 3.08 bits per heavy atom. The van der Waals surface area contributed by atoms with Crippen molar-refractivity contribution in [3.63, 3.8) is 0 Å². The Hall–Kier alpha value is -3.16. The molecule has 3 aromatic rings. The second-order valence-corrected chi connectivity index (χ2v) is 5.92. The Bertz CT molecular complexity index is 831. The molecule has 0 saturated carbocycles. The lowest BCUT2D eigenvalue weighted by molar-refractivity contribution is 0.159. The maximum absolute atomic E-state index is 12.8. The van der Waals surface area contributed by atoms with Gasteiger partial charge in [0.05, 0.1) is 12.2 Å². The molecular formula is C17H18N6O2. The molecule has 25 heavy (non-hydrogen) atoms. The number of H-pyrrole nitrogens is 1. The van der Waals surface area contributed by atoms with Crippen LogP contribution in [-0.4, -0.2) is 37.6 Å². The first-order valence-electron chi connectivity index (χ1n) is 8.24. The lowest BCUT2D eigenvalue weighted by atomic mass is 10.0. The number of likely N-dealkylation sites (tertiary alicyclic amines) is 1. The Balaban J connectivity index is 1.52.